The molecule has 0 unspecified atom stereocenters. The van der Waals surface area contributed by atoms with Gasteiger partial charge in [-0.15, -0.1) is 0 Å². The van der Waals surface area contributed by atoms with Crippen molar-refractivity contribution in [1.82, 2.24) is 39.5 Å². The molecule has 6 heterocycles. The van der Waals surface area contributed by atoms with Gasteiger partial charge in [-0.1, -0.05) is 36.4 Å². The average Bonchev–Trinajstić information content (AvgIpc) is 4.16. The van der Waals surface area contributed by atoms with Crippen molar-refractivity contribution < 1.29 is 28.8 Å². The highest BCUT2D eigenvalue weighted by atomic mass is 35.5. The van der Waals surface area contributed by atoms with Crippen molar-refractivity contribution in [3.63, 3.8) is 0 Å². The Balaban J connectivity index is 0.000000210. The summed E-state index contributed by atoms with van der Waals surface area (Å²) in [5.41, 5.74) is 16.1. The zero-order valence-electron chi connectivity index (χ0n) is 39.6. The van der Waals surface area contributed by atoms with Crippen molar-refractivity contribution in [2.24, 2.45) is 11.5 Å². The minimum absolute atomic E-state index is 0.0197. The molecule has 5 amide bonds. The molecule has 2 atom stereocenters. The van der Waals surface area contributed by atoms with Crippen molar-refractivity contribution in [2.75, 3.05) is 35.4 Å². The number of likely N-dealkylation sites (tertiary alicyclic amines) is 1. The van der Waals surface area contributed by atoms with E-state index >= 15 is 0 Å². The first-order valence-electron chi connectivity index (χ1n) is 22.5. The Morgan fingerprint density at radius 3 is 1.56 bits per heavy atom. The second kappa shape index (κ2) is 23.7. The molecular formula is C50H55ClN14O6. The van der Waals surface area contributed by atoms with Crippen LogP contribution in [0.5, 0.6) is 0 Å². The third-order valence-electron chi connectivity index (χ3n) is 11.3. The fraction of sp³-hybridized carbons (Fsp3) is 0.240. The lowest BCUT2D eigenvalue weighted by Gasteiger charge is -2.22. The topological polar surface area (TPSA) is 307 Å². The van der Waals surface area contributed by atoms with Crippen LogP contribution in [0.3, 0.4) is 0 Å². The van der Waals surface area contributed by atoms with Crippen LogP contribution in [0.1, 0.15) is 116 Å². The molecule has 2 aliphatic rings. The van der Waals surface area contributed by atoms with Gasteiger partial charge in [0.05, 0.1) is 12.1 Å². The predicted molar refractivity (Wildman–Crippen MR) is 271 cm³/mol. The maximum Gasteiger partial charge on any atom is 0.269 e. The number of hydrogen-bond donors (Lipinski definition) is 7. The number of imidazole rings is 2. The van der Waals surface area contributed by atoms with Crippen LogP contribution in [-0.4, -0.2) is 82.1 Å². The van der Waals surface area contributed by atoms with Crippen LogP contribution in [0, 0.1) is 13.8 Å². The first-order valence-corrected chi connectivity index (χ1v) is 22.9. The number of anilines is 2. The van der Waals surface area contributed by atoms with Gasteiger partial charge in [-0.05, 0) is 143 Å². The van der Waals surface area contributed by atoms with Gasteiger partial charge < -0.3 is 44.0 Å². The molecule has 2 saturated heterocycles. The second-order valence-electron chi connectivity index (χ2n) is 16.4. The van der Waals surface area contributed by atoms with E-state index in [0.29, 0.717) is 69.9 Å². The Labute approximate surface area is 414 Å². The summed E-state index contributed by atoms with van der Waals surface area (Å²) in [4.78, 5) is 90.9. The summed E-state index contributed by atoms with van der Waals surface area (Å²) in [5.74, 6) is 12.2. The van der Waals surface area contributed by atoms with Crippen molar-refractivity contribution in [3.8, 4) is 22.5 Å². The van der Waals surface area contributed by atoms with Crippen molar-refractivity contribution in [2.45, 2.75) is 65.5 Å². The molecule has 2 fully saturated rings. The maximum atomic E-state index is 12.6. The minimum Gasteiger partial charge on any atom is -0.364 e. The SMILES string of the molecule is C/C=C/C(=O)Cl.C/C=C/C(=O)N1CCC[C@H]1c1nc(-c2ccc(C(=O)Nc3cc(C)ccn3)cc2)c(C(N)=O)n1N.Cc1ccnc(NC(=O)c2ccc(-c3nc([C@@H]4CCCN4)n(N)c3C(N)=O)cc2)c1. The first-order chi connectivity index (χ1) is 34.0. The molecule has 0 spiro atoms. The number of carbonyl (C=O) groups is 6. The minimum atomic E-state index is -0.738. The fourth-order valence-corrected chi connectivity index (χ4v) is 8.10. The standard InChI is InChI=1S/C25H27N7O3.C21H23N7O2.C4H5ClO/c1-3-5-20(33)31-13-4-6-18(31)24-30-21(22(23(26)34)32(24)27)16-7-9-17(10-8-16)25(35)29-19-14-15(2)11-12-28-19;1-12-8-10-25-16(11-12)26-21(30)14-6-4-13(5-7-14)17-18(19(22)29)28(23)20(27-17)15-3-2-9-24-15;1-2-3-4(5)6/h3,5,7-12,14,18H,4,6,13,27H2,1-2H3,(H2,26,34)(H,28,29,35);4-8,10-11,15,24H,2-3,9,23H2,1H3,(H2,22,29)(H,25,26,30);2-3H,1H3/b5-3+;;3-2+/t18-;15-;/m00./s1. The number of nitrogens with one attached hydrogen (secondary N) is 3. The first kappa shape index (κ1) is 51.9. The van der Waals surface area contributed by atoms with Crippen molar-refractivity contribution in [1.29, 1.82) is 0 Å². The number of hydrogen-bond acceptors (Lipinski definition) is 13. The lowest BCUT2D eigenvalue weighted by molar-refractivity contribution is -0.127. The van der Waals surface area contributed by atoms with Crippen LogP contribution >= 0.6 is 11.6 Å². The van der Waals surface area contributed by atoms with Crippen LogP contribution in [-0.2, 0) is 9.59 Å². The van der Waals surface area contributed by atoms with Gasteiger partial charge in [-0.25, -0.2) is 29.3 Å². The number of benzene rings is 2. The Hall–Kier alpha value is -8.49. The monoisotopic (exact) mass is 982 g/mol. The number of nitrogens with two attached hydrogens (primary N) is 4. The van der Waals surface area contributed by atoms with Crippen LogP contribution in [0.4, 0.5) is 11.6 Å². The van der Waals surface area contributed by atoms with Gasteiger partial charge in [0.25, 0.3) is 23.6 Å². The predicted octanol–water partition coefficient (Wildman–Crippen LogP) is 5.63. The van der Waals surface area contributed by atoms with Gasteiger partial charge in [0.1, 0.15) is 28.8 Å². The van der Waals surface area contributed by atoms with E-state index in [1.807, 2.05) is 26.0 Å². The number of aromatic nitrogens is 6. The largest absolute Gasteiger partial charge is 0.364 e. The summed E-state index contributed by atoms with van der Waals surface area (Å²) >= 11 is 4.85. The molecule has 2 aromatic carbocycles. The van der Waals surface area contributed by atoms with Crippen LogP contribution in [0.15, 0.2) is 109 Å². The molecule has 368 valence electrons. The van der Waals surface area contributed by atoms with Gasteiger partial charge in [0.2, 0.25) is 11.1 Å². The van der Waals surface area contributed by atoms with E-state index in [0.717, 1.165) is 36.9 Å². The van der Waals surface area contributed by atoms with Crippen LogP contribution in [0.2, 0.25) is 0 Å². The van der Waals surface area contributed by atoms with Gasteiger partial charge in [0, 0.05) is 41.2 Å². The molecule has 6 aromatic rings. The van der Waals surface area contributed by atoms with Gasteiger partial charge >= 0.3 is 0 Å². The number of allylic oxidation sites excluding steroid dienone is 3. The van der Waals surface area contributed by atoms with Crippen LogP contribution in [0.25, 0.3) is 22.5 Å². The number of pyridine rings is 2. The Morgan fingerprint density at radius 1 is 0.676 bits per heavy atom. The molecule has 11 N–H and O–H groups in total. The lowest BCUT2D eigenvalue weighted by Crippen LogP contribution is -2.33. The summed E-state index contributed by atoms with van der Waals surface area (Å²) in [7, 11) is 0. The maximum absolute atomic E-state index is 12.6. The second-order valence-corrected chi connectivity index (χ2v) is 16.8. The number of rotatable bonds is 12. The summed E-state index contributed by atoms with van der Waals surface area (Å²) < 4.78 is 2.44. The quantitative estimate of drug-likeness (QED) is 0.0445. The van der Waals surface area contributed by atoms with E-state index in [1.165, 1.54) is 21.5 Å². The highest BCUT2D eigenvalue weighted by Crippen LogP contribution is 2.35. The zero-order chi connectivity index (χ0) is 51.4. The Morgan fingerprint density at radius 2 is 1.15 bits per heavy atom. The molecule has 4 aromatic heterocycles. The summed E-state index contributed by atoms with van der Waals surface area (Å²) in [6, 6.07) is 20.2. The number of carbonyl (C=O) groups excluding carboxylic acids is 6. The highest BCUT2D eigenvalue weighted by Gasteiger charge is 2.35. The third-order valence-corrected chi connectivity index (χ3v) is 11.4. The zero-order valence-corrected chi connectivity index (χ0v) is 40.3. The molecule has 0 bridgehead atoms. The number of primary amides is 2. The fourth-order valence-electron chi connectivity index (χ4n) is 7.97. The number of amides is 5. The molecule has 0 aliphatic carbocycles. The molecule has 0 saturated carbocycles. The normalized spacial score (nSPS) is 15.1. The van der Waals surface area contributed by atoms with Crippen LogP contribution < -0.4 is 39.1 Å². The van der Waals surface area contributed by atoms with Crippen molar-refractivity contribution >= 4 is 58.0 Å². The van der Waals surface area contributed by atoms with E-state index < -0.39 is 17.1 Å². The Bertz CT molecular complexity index is 2990. The van der Waals surface area contributed by atoms with Crippen molar-refractivity contribution in [3.05, 3.63) is 155 Å². The molecule has 71 heavy (non-hydrogen) atoms. The lowest BCUT2D eigenvalue weighted by atomic mass is 10.1. The number of halogens is 1. The molecule has 8 rings (SSSR count). The van der Waals surface area contributed by atoms with Gasteiger partial charge in [0.15, 0.2) is 17.2 Å². The van der Waals surface area contributed by atoms with Gasteiger partial charge in [-0.3, -0.25) is 28.8 Å². The van der Waals surface area contributed by atoms with E-state index in [-0.39, 0.29) is 41.2 Å². The van der Waals surface area contributed by atoms with E-state index in [2.05, 4.69) is 35.9 Å². The average molecular weight is 984 g/mol. The highest BCUT2D eigenvalue weighted by molar-refractivity contribution is 6.66. The van der Waals surface area contributed by atoms with E-state index in [4.69, 9.17) is 34.8 Å². The van der Waals surface area contributed by atoms with Gasteiger partial charge in [-0.2, -0.15) is 0 Å². The van der Waals surface area contributed by atoms with E-state index in [1.54, 1.807) is 104 Å². The molecular weight excluding hydrogens is 928 g/mol. The summed E-state index contributed by atoms with van der Waals surface area (Å²) in [6.45, 7) is 8.79. The molecule has 2 aliphatic heterocycles. The number of aryl methyl sites for hydroxylation is 2. The number of nitrogens with zero attached hydrogens (tertiary/aromatic N) is 7. The third kappa shape index (κ3) is 12.8. The molecule has 0 radical (unpaired) electrons. The molecule has 20 nitrogen and oxygen atoms in total. The smallest absolute Gasteiger partial charge is 0.269 e. The Kier molecular flexibility index (Phi) is 17.3. The van der Waals surface area contributed by atoms with E-state index in [9.17, 15) is 28.8 Å². The molecule has 21 heteroatoms. The summed E-state index contributed by atoms with van der Waals surface area (Å²) in [5, 5.41) is 8.43. The summed E-state index contributed by atoms with van der Waals surface area (Å²) in [6.07, 6.45) is 12.7. The number of nitrogen functional groups attached to an aromatic ring is 2.